The van der Waals surface area contributed by atoms with E-state index in [1.54, 1.807) is 6.20 Å². The van der Waals surface area contributed by atoms with Crippen LogP contribution in [0.2, 0.25) is 0 Å². The van der Waals surface area contributed by atoms with Crippen molar-refractivity contribution in [1.82, 2.24) is 9.88 Å². The van der Waals surface area contributed by atoms with E-state index in [9.17, 15) is 4.79 Å². The van der Waals surface area contributed by atoms with Crippen molar-refractivity contribution in [3.05, 3.63) is 66.0 Å². The molecule has 3 nitrogen and oxygen atoms in total. The Balaban J connectivity index is 2.31. The van der Waals surface area contributed by atoms with E-state index in [2.05, 4.69) is 11.9 Å². The van der Waals surface area contributed by atoms with E-state index in [0.29, 0.717) is 0 Å². The molecule has 1 amide bonds. The average molecular weight is 282 g/mol. The summed E-state index contributed by atoms with van der Waals surface area (Å²) in [6.07, 6.45) is 3.84. The van der Waals surface area contributed by atoms with Crippen molar-refractivity contribution >= 4 is 5.91 Å². The molecule has 0 spiro atoms. The smallest absolute Gasteiger partial charge is 0.235 e. The number of carbonyl (C=O) groups excluding carboxylic acids is 1. The lowest BCUT2D eigenvalue weighted by atomic mass is 9.93. The Hall–Kier alpha value is -2.16. The van der Waals surface area contributed by atoms with Crippen molar-refractivity contribution in [2.75, 3.05) is 13.6 Å². The molecule has 0 N–H and O–H groups in total. The number of likely N-dealkylation sites (N-methyl/N-ethyl adjacent to an activating group) is 1. The highest BCUT2D eigenvalue weighted by Gasteiger charge is 2.26. The van der Waals surface area contributed by atoms with Crippen LogP contribution in [0, 0.1) is 0 Å². The summed E-state index contributed by atoms with van der Waals surface area (Å²) in [6.45, 7) is 2.91. The molecule has 2 aromatic rings. The van der Waals surface area contributed by atoms with Gasteiger partial charge in [-0.2, -0.15) is 0 Å². The summed E-state index contributed by atoms with van der Waals surface area (Å²) in [5.74, 6) is -0.220. The number of carbonyl (C=O) groups is 1. The monoisotopic (exact) mass is 282 g/mol. The number of hydrogen-bond donors (Lipinski definition) is 0. The summed E-state index contributed by atoms with van der Waals surface area (Å²) in [6, 6.07) is 15.6. The van der Waals surface area contributed by atoms with Gasteiger partial charge in [-0.15, -0.1) is 0 Å². The summed E-state index contributed by atoms with van der Waals surface area (Å²) in [4.78, 5) is 19.0. The highest BCUT2D eigenvalue weighted by Crippen LogP contribution is 2.25. The third-order valence-electron chi connectivity index (χ3n) is 3.59. The molecular weight excluding hydrogens is 260 g/mol. The van der Waals surface area contributed by atoms with E-state index in [1.807, 2.05) is 60.5 Å². The summed E-state index contributed by atoms with van der Waals surface area (Å²) in [5, 5.41) is 0. The fourth-order valence-corrected chi connectivity index (χ4v) is 2.36. The SMILES string of the molecule is CCCCN(C)C(=O)C(c1ccccc1)c1ccccn1. The van der Waals surface area contributed by atoms with Gasteiger partial charge < -0.3 is 4.90 Å². The van der Waals surface area contributed by atoms with Crippen LogP contribution in [-0.4, -0.2) is 29.4 Å². The van der Waals surface area contributed by atoms with E-state index in [0.717, 1.165) is 30.6 Å². The summed E-state index contributed by atoms with van der Waals surface area (Å²) in [5.41, 5.74) is 1.79. The van der Waals surface area contributed by atoms with E-state index in [1.165, 1.54) is 0 Å². The quantitative estimate of drug-likeness (QED) is 0.812. The zero-order valence-electron chi connectivity index (χ0n) is 12.7. The van der Waals surface area contributed by atoms with Crippen LogP contribution >= 0.6 is 0 Å². The Morgan fingerprint density at radius 3 is 2.48 bits per heavy atom. The highest BCUT2D eigenvalue weighted by atomic mass is 16.2. The van der Waals surface area contributed by atoms with E-state index < -0.39 is 0 Å². The highest BCUT2D eigenvalue weighted by molar-refractivity contribution is 5.86. The predicted molar refractivity (Wildman–Crippen MR) is 85.1 cm³/mol. The third kappa shape index (κ3) is 3.91. The summed E-state index contributed by atoms with van der Waals surface area (Å²) < 4.78 is 0. The van der Waals surface area contributed by atoms with Gasteiger partial charge >= 0.3 is 0 Å². The average Bonchev–Trinajstić information content (AvgIpc) is 2.54. The van der Waals surface area contributed by atoms with Gasteiger partial charge in [0.1, 0.15) is 5.92 Å². The van der Waals surface area contributed by atoms with Crippen LogP contribution in [0.3, 0.4) is 0 Å². The van der Waals surface area contributed by atoms with Crippen LogP contribution in [0.4, 0.5) is 0 Å². The van der Waals surface area contributed by atoms with Crippen LogP contribution in [0.15, 0.2) is 54.7 Å². The lowest BCUT2D eigenvalue weighted by Gasteiger charge is -2.23. The molecule has 2 rings (SSSR count). The second kappa shape index (κ2) is 7.58. The van der Waals surface area contributed by atoms with Gasteiger partial charge in [-0.25, -0.2) is 0 Å². The maximum Gasteiger partial charge on any atom is 0.235 e. The van der Waals surface area contributed by atoms with Gasteiger partial charge in [-0.1, -0.05) is 49.7 Å². The van der Waals surface area contributed by atoms with Crippen molar-refractivity contribution in [3.63, 3.8) is 0 Å². The molecule has 110 valence electrons. The van der Waals surface area contributed by atoms with Crippen molar-refractivity contribution in [2.45, 2.75) is 25.7 Å². The largest absolute Gasteiger partial charge is 0.345 e. The Morgan fingerprint density at radius 1 is 1.14 bits per heavy atom. The Kier molecular flexibility index (Phi) is 5.50. The summed E-state index contributed by atoms with van der Waals surface area (Å²) in [7, 11) is 1.87. The second-order valence-corrected chi connectivity index (χ2v) is 5.21. The standard InChI is InChI=1S/C18H22N2O/c1-3-4-14-20(2)18(21)17(15-10-6-5-7-11-15)16-12-8-9-13-19-16/h5-13,17H,3-4,14H2,1-2H3. The van der Waals surface area contributed by atoms with Crippen LogP contribution in [0.5, 0.6) is 0 Å². The normalized spacial score (nSPS) is 11.9. The maximum atomic E-state index is 12.8. The minimum Gasteiger partial charge on any atom is -0.345 e. The van der Waals surface area contributed by atoms with Crippen LogP contribution in [0.25, 0.3) is 0 Å². The lowest BCUT2D eigenvalue weighted by Crippen LogP contribution is -2.33. The topological polar surface area (TPSA) is 33.2 Å². The number of pyridine rings is 1. The van der Waals surface area contributed by atoms with Gasteiger partial charge in [0.15, 0.2) is 0 Å². The molecule has 1 atom stereocenters. The number of unbranched alkanes of at least 4 members (excludes halogenated alkanes) is 1. The molecule has 3 heteroatoms. The van der Waals surface area contributed by atoms with E-state index in [-0.39, 0.29) is 11.8 Å². The number of hydrogen-bond acceptors (Lipinski definition) is 2. The fourth-order valence-electron chi connectivity index (χ4n) is 2.36. The third-order valence-corrected chi connectivity index (χ3v) is 3.59. The van der Waals surface area contributed by atoms with Crippen molar-refractivity contribution < 1.29 is 4.79 Å². The molecule has 21 heavy (non-hydrogen) atoms. The maximum absolute atomic E-state index is 12.8. The van der Waals surface area contributed by atoms with Crippen LogP contribution < -0.4 is 0 Å². The predicted octanol–water partition coefficient (Wildman–Crippen LogP) is 3.47. The van der Waals surface area contributed by atoms with E-state index >= 15 is 0 Å². The van der Waals surface area contributed by atoms with Gasteiger partial charge in [0.25, 0.3) is 0 Å². The van der Waals surface area contributed by atoms with Crippen molar-refractivity contribution in [1.29, 1.82) is 0 Å². The molecule has 1 aromatic carbocycles. The molecule has 0 saturated carbocycles. The first-order valence-electron chi connectivity index (χ1n) is 7.45. The van der Waals surface area contributed by atoms with Gasteiger partial charge in [0.05, 0.1) is 5.69 Å². The molecule has 0 fully saturated rings. The van der Waals surface area contributed by atoms with Gasteiger partial charge in [-0.3, -0.25) is 9.78 Å². The number of nitrogens with zero attached hydrogens (tertiary/aromatic N) is 2. The minimum absolute atomic E-state index is 0.105. The first-order valence-corrected chi connectivity index (χ1v) is 7.45. The lowest BCUT2D eigenvalue weighted by molar-refractivity contribution is -0.130. The Morgan fingerprint density at radius 2 is 1.86 bits per heavy atom. The van der Waals surface area contributed by atoms with Gasteiger partial charge in [0, 0.05) is 19.8 Å². The van der Waals surface area contributed by atoms with Crippen LogP contribution in [0.1, 0.15) is 36.9 Å². The molecule has 1 heterocycles. The first kappa shape index (κ1) is 15.2. The molecule has 0 saturated heterocycles. The zero-order valence-corrected chi connectivity index (χ0v) is 12.7. The molecule has 0 aliphatic heterocycles. The van der Waals surface area contributed by atoms with Crippen molar-refractivity contribution in [2.24, 2.45) is 0 Å². The second-order valence-electron chi connectivity index (χ2n) is 5.21. The van der Waals surface area contributed by atoms with Gasteiger partial charge in [0.2, 0.25) is 5.91 Å². The van der Waals surface area contributed by atoms with Gasteiger partial charge in [-0.05, 0) is 24.1 Å². The number of amides is 1. The minimum atomic E-state index is -0.325. The fraction of sp³-hybridized carbons (Fsp3) is 0.333. The Labute approximate surface area is 126 Å². The Bertz CT molecular complexity index is 514. The molecule has 0 bridgehead atoms. The van der Waals surface area contributed by atoms with E-state index in [4.69, 9.17) is 0 Å². The number of rotatable bonds is 6. The molecular formula is C18H22N2O. The molecule has 0 radical (unpaired) electrons. The summed E-state index contributed by atoms with van der Waals surface area (Å²) >= 11 is 0. The molecule has 0 aliphatic rings. The molecule has 1 aromatic heterocycles. The van der Waals surface area contributed by atoms with Crippen LogP contribution in [-0.2, 0) is 4.79 Å². The molecule has 0 aliphatic carbocycles. The zero-order chi connectivity index (χ0) is 15.1. The molecule has 1 unspecified atom stereocenters. The number of benzene rings is 1. The first-order chi connectivity index (χ1) is 10.2. The van der Waals surface area contributed by atoms with Crippen molar-refractivity contribution in [3.8, 4) is 0 Å². The number of aromatic nitrogens is 1.